The largest absolute Gasteiger partial charge is 0.338 e. The highest BCUT2D eigenvalue weighted by molar-refractivity contribution is 5.15. The molecule has 8 nitrogen and oxygen atoms in total. The van der Waals surface area contributed by atoms with E-state index >= 15 is 0 Å². The van der Waals surface area contributed by atoms with Gasteiger partial charge in [-0.1, -0.05) is 35.5 Å². The molecule has 3 rings (SSSR count). The predicted molar refractivity (Wildman–Crippen MR) is 89.2 cm³/mol. The van der Waals surface area contributed by atoms with Gasteiger partial charge in [0.05, 0.1) is 11.5 Å². The van der Waals surface area contributed by atoms with Crippen molar-refractivity contribution in [2.45, 2.75) is 51.1 Å². The average Bonchev–Trinajstić information content (AvgIpc) is 3.24. The highest BCUT2D eigenvalue weighted by Crippen LogP contribution is 2.31. The molecule has 0 unspecified atom stereocenters. The molecule has 0 N–H and O–H groups in total. The van der Waals surface area contributed by atoms with Crippen LogP contribution in [0, 0.1) is 10.1 Å². The van der Waals surface area contributed by atoms with Crippen LogP contribution in [-0.2, 0) is 17.7 Å². The number of nitrogens with zero attached hydrogens (tertiary/aromatic N) is 4. The van der Waals surface area contributed by atoms with Gasteiger partial charge in [-0.25, -0.2) is 0 Å². The van der Waals surface area contributed by atoms with Gasteiger partial charge in [0.15, 0.2) is 0 Å². The predicted octanol–water partition coefficient (Wildman–Crippen LogP) is 2.59. The van der Waals surface area contributed by atoms with Crippen molar-refractivity contribution in [3.05, 3.63) is 57.7 Å². The third kappa shape index (κ3) is 4.40. The summed E-state index contributed by atoms with van der Waals surface area (Å²) in [5.41, 5.74) is 1.28. The molecule has 0 amide bonds. The van der Waals surface area contributed by atoms with Crippen LogP contribution in [0.5, 0.6) is 0 Å². The van der Waals surface area contributed by atoms with Crippen LogP contribution in [0.3, 0.4) is 0 Å². The van der Waals surface area contributed by atoms with Crippen LogP contribution in [0.25, 0.3) is 0 Å². The van der Waals surface area contributed by atoms with E-state index in [0.717, 1.165) is 6.42 Å². The lowest BCUT2D eigenvalue weighted by Crippen LogP contribution is -2.30. The van der Waals surface area contributed by atoms with Gasteiger partial charge >= 0.3 is 6.23 Å². The summed E-state index contributed by atoms with van der Waals surface area (Å²) in [5, 5.41) is 14.7. The molecule has 1 aromatic carbocycles. The maximum Gasteiger partial charge on any atom is 0.316 e. The van der Waals surface area contributed by atoms with E-state index in [1.165, 1.54) is 5.56 Å². The van der Waals surface area contributed by atoms with E-state index in [4.69, 9.17) is 9.26 Å². The molecule has 0 spiro atoms. The van der Waals surface area contributed by atoms with Gasteiger partial charge in [0.2, 0.25) is 11.7 Å². The molecule has 3 atom stereocenters. The smallest absolute Gasteiger partial charge is 0.316 e. The van der Waals surface area contributed by atoms with E-state index in [2.05, 4.69) is 34.1 Å². The minimum absolute atomic E-state index is 0.305. The average molecular weight is 346 g/mol. The molecule has 0 radical (unpaired) electrons. The van der Waals surface area contributed by atoms with Crippen molar-refractivity contribution in [3.8, 4) is 0 Å². The first-order chi connectivity index (χ1) is 12.0. The Morgan fingerprint density at radius 2 is 2.12 bits per heavy atom. The topological polar surface area (TPSA) is 94.5 Å². The Balaban J connectivity index is 1.55. The van der Waals surface area contributed by atoms with Crippen LogP contribution < -0.4 is 0 Å². The van der Waals surface area contributed by atoms with Crippen molar-refractivity contribution < 1.29 is 14.2 Å². The van der Waals surface area contributed by atoms with Gasteiger partial charge in [-0.05, 0) is 32.4 Å². The second-order valence-corrected chi connectivity index (χ2v) is 6.44. The normalized spacial score (nSPS) is 21.6. The molecular formula is C17H22N4O4. The molecule has 25 heavy (non-hydrogen) atoms. The Bertz CT molecular complexity index is 706. The van der Waals surface area contributed by atoms with Crippen molar-refractivity contribution in [1.29, 1.82) is 0 Å². The highest BCUT2D eigenvalue weighted by atomic mass is 16.7. The Hall–Kier alpha value is -2.32. The van der Waals surface area contributed by atoms with Crippen LogP contribution in [-0.4, -0.2) is 39.3 Å². The maximum absolute atomic E-state index is 10.8. The molecule has 8 heteroatoms. The van der Waals surface area contributed by atoms with Crippen molar-refractivity contribution in [3.63, 3.8) is 0 Å². The Morgan fingerprint density at radius 1 is 1.36 bits per heavy atom. The molecule has 1 fully saturated rings. The van der Waals surface area contributed by atoms with Gasteiger partial charge in [-0.3, -0.25) is 15.0 Å². The van der Waals surface area contributed by atoms with Crippen LogP contribution in [0.1, 0.15) is 43.1 Å². The summed E-state index contributed by atoms with van der Waals surface area (Å²) in [4.78, 5) is 16.8. The van der Waals surface area contributed by atoms with Crippen molar-refractivity contribution in [2.75, 3.05) is 7.05 Å². The van der Waals surface area contributed by atoms with Crippen LogP contribution >= 0.6 is 0 Å². The van der Waals surface area contributed by atoms with Crippen molar-refractivity contribution in [2.24, 2.45) is 0 Å². The first-order valence-corrected chi connectivity index (χ1v) is 8.38. The molecular weight excluding hydrogens is 324 g/mol. The van der Waals surface area contributed by atoms with E-state index in [9.17, 15) is 10.1 Å². The Kier molecular flexibility index (Phi) is 5.40. The monoisotopic (exact) mass is 346 g/mol. The number of rotatable bonds is 7. The summed E-state index contributed by atoms with van der Waals surface area (Å²) < 4.78 is 10.6. The van der Waals surface area contributed by atoms with E-state index in [1.807, 2.05) is 25.2 Å². The fraction of sp³-hybridized carbons (Fsp3) is 0.529. The van der Waals surface area contributed by atoms with Gasteiger partial charge in [0.25, 0.3) is 0 Å². The molecule has 134 valence electrons. The highest BCUT2D eigenvalue weighted by Gasteiger charge is 2.36. The summed E-state index contributed by atoms with van der Waals surface area (Å²) in [6, 6.07) is 10.6. The van der Waals surface area contributed by atoms with Crippen LogP contribution in [0.2, 0.25) is 0 Å². The van der Waals surface area contributed by atoms with Crippen LogP contribution in [0.4, 0.5) is 0 Å². The van der Waals surface area contributed by atoms with Gasteiger partial charge in [-0.15, -0.1) is 0 Å². The molecule has 1 aliphatic rings. The second kappa shape index (κ2) is 7.71. The lowest BCUT2D eigenvalue weighted by molar-refractivity contribution is -0.572. The standard InChI is InChI=1S/C17H22N4O4/c1-12(10-13-6-4-3-5-7-13)20(2)11-15-18-17(19-25-15)14-8-9-16(24-14)21(22)23/h3-7,12,14,16H,8-11H2,1-2H3/t12-,14-,16+/m0/s1. The number of likely N-dealkylation sites (N-methyl/N-ethyl adjacent to an activating group) is 1. The summed E-state index contributed by atoms with van der Waals surface area (Å²) in [7, 11) is 2.01. The zero-order valence-electron chi connectivity index (χ0n) is 14.4. The molecule has 2 heterocycles. The molecule has 0 saturated carbocycles. The fourth-order valence-electron chi connectivity index (χ4n) is 2.91. The quantitative estimate of drug-likeness (QED) is 0.561. The molecule has 1 aromatic heterocycles. The zero-order chi connectivity index (χ0) is 17.8. The minimum atomic E-state index is -0.972. The molecule has 2 aromatic rings. The first-order valence-electron chi connectivity index (χ1n) is 8.38. The van der Waals surface area contributed by atoms with Gasteiger partial charge < -0.3 is 9.26 Å². The zero-order valence-corrected chi connectivity index (χ0v) is 14.4. The number of hydrogen-bond donors (Lipinski definition) is 0. The summed E-state index contributed by atoms with van der Waals surface area (Å²) in [6.07, 6.45) is 0.398. The van der Waals surface area contributed by atoms with Gasteiger partial charge in [0.1, 0.15) is 6.10 Å². The van der Waals surface area contributed by atoms with E-state index in [-0.39, 0.29) is 0 Å². The Labute approximate surface area is 145 Å². The third-order valence-electron chi connectivity index (χ3n) is 4.52. The Morgan fingerprint density at radius 3 is 2.80 bits per heavy atom. The third-order valence-corrected chi connectivity index (χ3v) is 4.52. The van der Waals surface area contributed by atoms with Crippen molar-refractivity contribution in [1.82, 2.24) is 15.0 Å². The first kappa shape index (κ1) is 17.5. The van der Waals surface area contributed by atoms with E-state index in [1.54, 1.807) is 0 Å². The number of nitro groups is 1. The van der Waals surface area contributed by atoms with E-state index in [0.29, 0.717) is 37.1 Å². The van der Waals surface area contributed by atoms with Gasteiger partial charge in [0, 0.05) is 12.5 Å². The SMILES string of the molecule is C[C@@H](Cc1ccccc1)N(C)Cc1nc([C@@H]2CC[C@H]([N+](=O)[O-])O2)no1. The fourth-order valence-corrected chi connectivity index (χ4v) is 2.91. The molecule has 1 saturated heterocycles. The number of ether oxygens (including phenoxy) is 1. The van der Waals surface area contributed by atoms with Crippen LogP contribution in [0.15, 0.2) is 34.9 Å². The maximum atomic E-state index is 10.8. The minimum Gasteiger partial charge on any atom is -0.338 e. The van der Waals surface area contributed by atoms with E-state index < -0.39 is 17.3 Å². The number of aromatic nitrogens is 2. The van der Waals surface area contributed by atoms with Gasteiger partial charge in [-0.2, -0.15) is 4.98 Å². The molecule has 0 aliphatic carbocycles. The summed E-state index contributed by atoms with van der Waals surface area (Å²) in [5.74, 6) is 0.883. The number of hydrogen-bond acceptors (Lipinski definition) is 7. The molecule has 0 bridgehead atoms. The lowest BCUT2D eigenvalue weighted by Gasteiger charge is -2.23. The number of benzene rings is 1. The molecule has 1 aliphatic heterocycles. The van der Waals surface area contributed by atoms with Crippen molar-refractivity contribution >= 4 is 0 Å². The summed E-state index contributed by atoms with van der Waals surface area (Å²) >= 11 is 0. The second-order valence-electron chi connectivity index (χ2n) is 6.44. The summed E-state index contributed by atoms with van der Waals surface area (Å²) in [6.45, 7) is 2.67. The lowest BCUT2D eigenvalue weighted by atomic mass is 10.1.